The Hall–Kier alpha value is -2.67. The predicted octanol–water partition coefficient (Wildman–Crippen LogP) is 2.46. The molecule has 0 radical (unpaired) electrons. The molecular weight excluding hydrogens is 462 g/mol. The van der Waals surface area contributed by atoms with Crippen LogP contribution in [0.15, 0.2) is 23.6 Å². The van der Waals surface area contributed by atoms with Crippen LogP contribution in [0.4, 0.5) is 20.3 Å². The Morgan fingerprint density at radius 2 is 2.16 bits per heavy atom. The van der Waals surface area contributed by atoms with Crippen LogP contribution in [-0.2, 0) is 10.2 Å². The van der Waals surface area contributed by atoms with Gasteiger partial charge in [-0.15, -0.1) is 5.10 Å². The number of pyridine rings is 1. The molecule has 170 valence electrons. The van der Waals surface area contributed by atoms with Gasteiger partial charge in [-0.2, -0.15) is 8.42 Å². The number of anilines is 2. The molecule has 3 aliphatic rings. The summed E-state index contributed by atoms with van der Waals surface area (Å²) in [7, 11) is -2.55. The highest BCUT2D eigenvalue weighted by molar-refractivity contribution is 7.94. The van der Waals surface area contributed by atoms with E-state index in [1.807, 2.05) is 6.08 Å². The summed E-state index contributed by atoms with van der Waals surface area (Å²) in [5, 5.41) is 8.29. The van der Waals surface area contributed by atoms with Gasteiger partial charge in [0.05, 0.1) is 11.4 Å². The SMILES string of the molecule is CN1c2nc(C3=CCC(NC(=O)c4csnn4)CC3)ccc2N(CC2CC2(F)F)S1(=O)=O. The van der Waals surface area contributed by atoms with Crippen molar-refractivity contribution in [1.29, 1.82) is 0 Å². The van der Waals surface area contributed by atoms with Crippen molar-refractivity contribution in [2.45, 2.75) is 37.6 Å². The molecule has 13 heteroatoms. The summed E-state index contributed by atoms with van der Waals surface area (Å²) in [5.41, 5.74) is 2.20. The number of hydrogen-bond acceptors (Lipinski definition) is 7. The molecule has 0 aromatic carbocycles. The van der Waals surface area contributed by atoms with E-state index in [9.17, 15) is 22.0 Å². The third-order valence-corrected chi connectivity index (χ3v) is 8.33. The highest BCUT2D eigenvalue weighted by Gasteiger charge is 2.59. The van der Waals surface area contributed by atoms with Crippen molar-refractivity contribution in [3.05, 3.63) is 35.0 Å². The van der Waals surface area contributed by atoms with E-state index in [4.69, 9.17) is 0 Å². The first kappa shape index (κ1) is 21.2. The number of allylic oxidation sites excluding steroid dienone is 1. The van der Waals surface area contributed by atoms with E-state index >= 15 is 0 Å². The molecule has 9 nitrogen and oxygen atoms in total. The average molecular weight is 483 g/mol. The van der Waals surface area contributed by atoms with Gasteiger partial charge in [0.25, 0.3) is 11.8 Å². The van der Waals surface area contributed by atoms with Crippen molar-refractivity contribution in [3.8, 4) is 0 Å². The second kappa shape index (κ2) is 7.44. The lowest BCUT2D eigenvalue weighted by Gasteiger charge is -2.22. The Morgan fingerprint density at radius 3 is 2.78 bits per heavy atom. The fourth-order valence-corrected chi connectivity index (χ4v) is 5.85. The van der Waals surface area contributed by atoms with E-state index < -0.39 is 22.0 Å². The molecule has 32 heavy (non-hydrogen) atoms. The summed E-state index contributed by atoms with van der Waals surface area (Å²) < 4.78 is 58.0. The van der Waals surface area contributed by atoms with E-state index in [2.05, 4.69) is 19.9 Å². The molecule has 1 saturated carbocycles. The normalized spacial score (nSPS) is 25.3. The van der Waals surface area contributed by atoms with Crippen LogP contribution >= 0.6 is 11.5 Å². The van der Waals surface area contributed by atoms with E-state index in [0.717, 1.165) is 25.7 Å². The molecule has 1 amide bonds. The number of carbonyl (C=O) groups excluding carboxylic acids is 1. The van der Waals surface area contributed by atoms with Crippen molar-refractivity contribution in [2.75, 3.05) is 22.2 Å². The summed E-state index contributed by atoms with van der Waals surface area (Å²) in [4.78, 5) is 16.7. The first-order valence-electron chi connectivity index (χ1n) is 10.1. The van der Waals surface area contributed by atoms with Crippen molar-refractivity contribution in [2.24, 2.45) is 5.92 Å². The van der Waals surface area contributed by atoms with Gasteiger partial charge in [-0.05, 0) is 48.5 Å². The van der Waals surface area contributed by atoms with Crippen LogP contribution in [0.1, 0.15) is 41.9 Å². The van der Waals surface area contributed by atoms with Crippen LogP contribution in [-0.4, -0.2) is 54.5 Å². The van der Waals surface area contributed by atoms with E-state index in [0.29, 0.717) is 36.3 Å². The molecule has 2 aromatic rings. The largest absolute Gasteiger partial charge is 0.348 e. The first-order chi connectivity index (χ1) is 15.2. The van der Waals surface area contributed by atoms with Gasteiger partial charge >= 0.3 is 10.2 Å². The number of hydrogen-bond donors (Lipinski definition) is 1. The third-order valence-electron chi connectivity index (χ3n) is 6.06. The summed E-state index contributed by atoms with van der Waals surface area (Å²) in [5.74, 6) is -3.80. The number of aromatic nitrogens is 3. The lowest BCUT2D eigenvalue weighted by Crippen LogP contribution is -2.37. The average Bonchev–Trinajstić information content (AvgIpc) is 3.10. The highest BCUT2D eigenvalue weighted by Crippen LogP contribution is 2.51. The van der Waals surface area contributed by atoms with Gasteiger partial charge in [0.1, 0.15) is 0 Å². The fraction of sp³-hybridized carbons (Fsp3) is 0.474. The van der Waals surface area contributed by atoms with E-state index in [-0.39, 0.29) is 30.7 Å². The fourth-order valence-electron chi connectivity index (χ4n) is 4.01. The molecule has 1 aliphatic heterocycles. The van der Waals surface area contributed by atoms with Crippen LogP contribution in [0, 0.1) is 5.92 Å². The maximum Gasteiger partial charge on any atom is 0.327 e. The molecule has 1 N–H and O–H groups in total. The van der Waals surface area contributed by atoms with E-state index in [1.54, 1.807) is 17.5 Å². The Balaban J connectivity index is 1.32. The molecule has 5 rings (SSSR count). The van der Waals surface area contributed by atoms with Crippen LogP contribution in [0.2, 0.25) is 0 Å². The van der Waals surface area contributed by atoms with Gasteiger partial charge in [0.15, 0.2) is 11.5 Å². The lowest BCUT2D eigenvalue weighted by molar-refractivity contribution is 0.0929. The summed E-state index contributed by atoms with van der Waals surface area (Å²) in [6.07, 6.45) is 3.64. The maximum absolute atomic E-state index is 13.4. The minimum absolute atomic E-state index is 0.0406. The van der Waals surface area contributed by atoms with Crippen molar-refractivity contribution in [3.63, 3.8) is 0 Å². The molecule has 0 saturated heterocycles. The number of alkyl halides is 2. The standard InChI is InChI=1S/C19H20F2N6O3S2/c1-26-17-16(27(32(26,29)30)9-12-8-19(12,20)21)7-6-14(23-17)11-2-4-13(5-3-11)22-18(28)15-10-31-25-24-15/h2,6-7,10,12-13H,3-5,8-9H2,1H3,(H,22,28). The molecular formula is C19H20F2N6O3S2. The summed E-state index contributed by atoms with van der Waals surface area (Å²) in [6.45, 7) is -0.258. The number of amides is 1. The van der Waals surface area contributed by atoms with Gasteiger partial charge in [-0.3, -0.25) is 4.79 Å². The Kier molecular flexibility index (Phi) is 4.93. The Bertz CT molecular complexity index is 1200. The number of rotatable bonds is 5. The Morgan fingerprint density at radius 1 is 1.38 bits per heavy atom. The molecule has 2 aromatic heterocycles. The minimum Gasteiger partial charge on any atom is -0.348 e. The van der Waals surface area contributed by atoms with Crippen molar-refractivity contribution in [1.82, 2.24) is 19.9 Å². The number of halogens is 2. The van der Waals surface area contributed by atoms with Crippen LogP contribution < -0.4 is 13.9 Å². The molecule has 2 aliphatic carbocycles. The first-order valence-corrected chi connectivity index (χ1v) is 12.3. The molecule has 1 fully saturated rings. The maximum atomic E-state index is 13.4. The lowest BCUT2D eigenvalue weighted by atomic mass is 9.93. The smallest absolute Gasteiger partial charge is 0.327 e. The molecule has 3 heterocycles. The Labute approximate surface area is 187 Å². The monoisotopic (exact) mass is 482 g/mol. The molecule has 2 unspecified atom stereocenters. The molecule has 0 bridgehead atoms. The minimum atomic E-state index is -3.93. The van der Waals surface area contributed by atoms with E-state index in [1.165, 1.54) is 7.05 Å². The number of nitrogens with one attached hydrogen (secondary N) is 1. The second-order valence-electron chi connectivity index (χ2n) is 8.17. The number of carbonyl (C=O) groups is 1. The van der Waals surface area contributed by atoms with Crippen LogP contribution in [0.25, 0.3) is 5.57 Å². The van der Waals surface area contributed by atoms with Gasteiger partial charge in [-0.1, -0.05) is 10.6 Å². The molecule has 0 spiro atoms. The molecule has 2 atom stereocenters. The second-order valence-corrected chi connectivity index (χ2v) is 10.7. The zero-order valence-corrected chi connectivity index (χ0v) is 18.7. The zero-order chi connectivity index (χ0) is 22.7. The van der Waals surface area contributed by atoms with Crippen molar-refractivity contribution >= 4 is 44.7 Å². The van der Waals surface area contributed by atoms with Gasteiger partial charge < -0.3 is 5.32 Å². The highest BCUT2D eigenvalue weighted by atomic mass is 32.2. The van der Waals surface area contributed by atoms with Gasteiger partial charge in [0, 0.05) is 37.4 Å². The number of fused-ring (bicyclic) bond motifs is 1. The van der Waals surface area contributed by atoms with Crippen molar-refractivity contribution < 1.29 is 22.0 Å². The summed E-state index contributed by atoms with van der Waals surface area (Å²) >= 11 is 1.11. The topological polar surface area (TPSA) is 108 Å². The number of nitrogens with zero attached hydrogens (tertiary/aromatic N) is 5. The predicted molar refractivity (Wildman–Crippen MR) is 115 cm³/mol. The van der Waals surface area contributed by atoms with Crippen LogP contribution in [0.3, 0.4) is 0 Å². The van der Waals surface area contributed by atoms with Gasteiger partial charge in [0.2, 0.25) is 0 Å². The van der Waals surface area contributed by atoms with Gasteiger partial charge in [-0.25, -0.2) is 22.4 Å². The zero-order valence-electron chi connectivity index (χ0n) is 17.0. The van der Waals surface area contributed by atoms with Crippen LogP contribution in [0.5, 0.6) is 0 Å². The quantitative estimate of drug-likeness (QED) is 0.701. The summed E-state index contributed by atoms with van der Waals surface area (Å²) in [6, 6.07) is 3.31. The third kappa shape index (κ3) is 3.62.